The molecule has 1 rings (SSSR count). The van der Waals surface area contributed by atoms with Gasteiger partial charge in [0.25, 0.3) is 0 Å². The van der Waals surface area contributed by atoms with E-state index in [1.165, 1.54) is 0 Å². The Labute approximate surface area is 115 Å². The number of rotatable bonds is 7. The largest absolute Gasteiger partial charge is 0.354 e. The molecule has 0 aromatic carbocycles. The number of amides is 1. The quantitative estimate of drug-likeness (QED) is 0.600. The summed E-state index contributed by atoms with van der Waals surface area (Å²) in [7, 11) is -3.27. The van der Waals surface area contributed by atoms with Crippen molar-refractivity contribution in [3.8, 4) is 0 Å². The van der Waals surface area contributed by atoms with Crippen LogP contribution in [0.15, 0.2) is 0 Å². The Morgan fingerprint density at radius 1 is 1.42 bits per heavy atom. The number of carbonyl (C=O) groups is 1. The van der Waals surface area contributed by atoms with E-state index in [2.05, 4.69) is 15.4 Å². The van der Waals surface area contributed by atoms with Crippen molar-refractivity contribution in [2.45, 2.75) is 27.2 Å². The van der Waals surface area contributed by atoms with Gasteiger partial charge in [-0.25, -0.2) is 13.1 Å². The summed E-state index contributed by atoms with van der Waals surface area (Å²) in [5.74, 6) is 0.112. The first-order valence-electron chi connectivity index (χ1n) is 6.80. The van der Waals surface area contributed by atoms with Crippen LogP contribution in [0, 0.1) is 11.3 Å². The molecule has 112 valence electrons. The lowest BCUT2D eigenvalue weighted by Crippen LogP contribution is -2.47. The first-order chi connectivity index (χ1) is 8.84. The standard InChI is InChI=1S/C12H25N3O3S/c1-4-15-19(17,18)8-7-14-11(16)12(10(2)3)5-6-13-9-12/h10,13,15H,4-9H2,1-3H3,(H,14,16). The maximum atomic E-state index is 12.3. The average molecular weight is 291 g/mol. The summed E-state index contributed by atoms with van der Waals surface area (Å²) in [5.41, 5.74) is -0.401. The highest BCUT2D eigenvalue weighted by Gasteiger charge is 2.43. The van der Waals surface area contributed by atoms with Gasteiger partial charge in [0.2, 0.25) is 15.9 Å². The van der Waals surface area contributed by atoms with Crippen molar-refractivity contribution in [3.05, 3.63) is 0 Å². The van der Waals surface area contributed by atoms with E-state index in [0.29, 0.717) is 13.1 Å². The summed E-state index contributed by atoms with van der Waals surface area (Å²) in [4.78, 5) is 12.3. The van der Waals surface area contributed by atoms with Crippen molar-refractivity contribution in [1.29, 1.82) is 0 Å². The fourth-order valence-corrected chi connectivity index (χ4v) is 3.38. The minimum Gasteiger partial charge on any atom is -0.354 e. The van der Waals surface area contributed by atoms with E-state index < -0.39 is 15.4 Å². The molecule has 0 spiro atoms. The first-order valence-corrected chi connectivity index (χ1v) is 8.45. The molecule has 7 heteroatoms. The van der Waals surface area contributed by atoms with Crippen LogP contribution in [0.2, 0.25) is 0 Å². The zero-order valence-electron chi connectivity index (χ0n) is 12.0. The molecule has 0 aromatic heterocycles. The van der Waals surface area contributed by atoms with Crippen LogP contribution in [0.1, 0.15) is 27.2 Å². The molecule has 0 radical (unpaired) electrons. The summed E-state index contributed by atoms with van der Waals surface area (Å²) >= 11 is 0. The molecular formula is C12H25N3O3S. The highest BCUT2D eigenvalue weighted by molar-refractivity contribution is 7.89. The maximum Gasteiger partial charge on any atom is 0.227 e. The zero-order chi connectivity index (χ0) is 14.5. The van der Waals surface area contributed by atoms with Crippen molar-refractivity contribution < 1.29 is 13.2 Å². The van der Waals surface area contributed by atoms with Crippen molar-refractivity contribution in [3.63, 3.8) is 0 Å². The van der Waals surface area contributed by atoms with Crippen LogP contribution in [0.3, 0.4) is 0 Å². The van der Waals surface area contributed by atoms with Crippen LogP contribution in [-0.2, 0) is 14.8 Å². The molecule has 1 aliphatic heterocycles. The number of hydrogen-bond donors (Lipinski definition) is 3. The first kappa shape index (κ1) is 16.4. The Morgan fingerprint density at radius 2 is 2.11 bits per heavy atom. The number of hydrogen-bond acceptors (Lipinski definition) is 4. The molecule has 1 unspecified atom stereocenters. The third-order valence-corrected chi connectivity index (χ3v) is 5.24. The maximum absolute atomic E-state index is 12.3. The third-order valence-electron chi connectivity index (χ3n) is 3.77. The van der Waals surface area contributed by atoms with E-state index in [9.17, 15) is 13.2 Å². The number of sulfonamides is 1. The van der Waals surface area contributed by atoms with Gasteiger partial charge in [-0.15, -0.1) is 0 Å². The van der Waals surface area contributed by atoms with E-state index in [4.69, 9.17) is 0 Å². The van der Waals surface area contributed by atoms with Crippen LogP contribution in [0.4, 0.5) is 0 Å². The highest BCUT2D eigenvalue weighted by atomic mass is 32.2. The monoisotopic (exact) mass is 291 g/mol. The van der Waals surface area contributed by atoms with Crippen LogP contribution in [0.5, 0.6) is 0 Å². The van der Waals surface area contributed by atoms with E-state index in [1.54, 1.807) is 6.92 Å². The second-order valence-electron chi connectivity index (χ2n) is 5.31. The van der Waals surface area contributed by atoms with E-state index >= 15 is 0 Å². The zero-order valence-corrected chi connectivity index (χ0v) is 12.8. The second kappa shape index (κ2) is 6.67. The van der Waals surface area contributed by atoms with E-state index in [0.717, 1.165) is 13.0 Å². The molecule has 1 saturated heterocycles. The van der Waals surface area contributed by atoms with Crippen molar-refractivity contribution in [2.24, 2.45) is 11.3 Å². The molecule has 1 heterocycles. The van der Waals surface area contributed by atoms with Gasteiger partial charge in [-0.2, -0.15) is 0 Å². The Morgan fingerprint density at radius 3 is 2.58 bits per heavy atom. The number of nitrogens with one attached hydrogen (secondary N) is 3. The number of carbonyl (C=O) groups excluding carboxylic acids is 1. The minimum atomic E-state index is -3.27. The van der Waals surface area contributed by atoms with E-state index in [1.807, 2.05) is 13.8 Å². The minimum absolute atomic E-state index is 0.0424. The van der Waals surface area contributed by atoms with Crippen molar-refractivity contribution >= 4 is 15.9 Å². The molecule has 1 atom stereocenters. The highest BCUT2D eigenvalue weighted by Crippen LogP contribution is 2.34. The van der Waals surface area contributed by atoms with Gasteiger partial charge in [0.05, 0.1) is 11.2 Å². The van der Waals surface area contributed by atoms with Gasteiger partial charge in [-0.1, -0.05) is 20.8 Å². The summed E-state index contributed by atoms with van der Waals surface area (Å²) in [5, 5.41) is 5.97. The smallest absolute Gasteiger partial charge is 0.227 e. The average Bonchev–Trinajstić information content (AvgIpc) is 2.78. The Kier molecular flexibility index (Phi) is 5.76. The second-order valence-corrected chi connectivity index (χ2v) is 7.24. The molecule has 0 aliphatic carbocycles. The van der Waals surface area contributed by atoms with Crippen molar-refractivity contribution in [1.82, 2.24) is 15.4 Å². The summed E-state index contributed by atoms with van der Waals surface area (Å²) in [6.45, 7) is 7.81. The van der Waals surface area contributed by atoms with Crippen LogP contribution >= 0.6 is 0 Å². The fraction of sp³-hybridized carbons (Fsp3) is 0.917. The SMILES string of the molecule is CCNS(=O)(=O)CCNC(=O)C1(C(C)C)CCNC1. The van der Waals surface area contributed by atoms with Gasteiger partial charge >= 0.3 is 0 Å². The van der Waals surface area contributed by atoms with Gasteiger partial charge in [0, 0.05) is 19.6 Å². The lowest BCUT2D eigenvalue weighted by Gasteiger charge is -2.31. The predicted octanol–water partition coefficient (Wildman–Crippen LogP) is -0.322. The molecule has 0 aromatic rings. The van der Waals surface area contributed by atoms with Gasteiger partial charge in [0.1, 0.15) is 0 Å². The molecule has 1 aliphatic rings. The normalized spacial score (nSPS) is 23.8. The Hall–Kier alpha value is -0.660. The predicted molar refractivity (Wildman–Crippen MR) is 75.2 cm³/mol. The van der Waals surface area contributed by atoms with Gasteiger partial charge in [0.15, 0.2) is 0 Å². The van der Waals surface area contributed by atoms with Gasteiger partial charge in [-0.3, -0.25) is 4.79 Å². The Balaban J connectivity index is 2.51. The third kappa shape index (κ3) is 4.15. The van der Waals surface area contributed by atoms with Crippen LogP contribution in [-0.4, -0.2) is 46.3 Å². The molecule has 19 heavy (non-hydrogen) atoms. The topological polar surface area (TPSA) is 87.3 Å². The van der Waals surface area contributed by atoms with Crippen LogP contribution < -0.4 is 15.4 Å². The summed E-state index contributed by atoms with van der Waals surface area (Å²) in [6.07, 6.45) is 0.802. The van der Waals surface area contributed by atoms with E-state index in [-0.39, 0.29) is 24.1 Å². The summed E-state index contributed by atoms with van der Waals surface area (Å²) in [6, 6.07) is 0. The van der Waals surface area contributed by atoms with Gasteiger partial charge < -0.3 is 10.6 Å². The molecule has 1 amide bonds. The molecule has 6 nitrogen and oxygen atoms in total. The molecule has 3 N–H and O–H groups in total. The van der Waals surface area contributed by atoms with Crippen LogP contribution in [0.25, 0.3) is 0 Å². The molecule has 1 fully saturated rings. The van der Waals surface area contributed by atoms with Gasteiger partial charge in [-0.05, 0) is 18.9 Å². The Bertz CT molecular complexity index is 400. The molecular weight excluding hydrogens is 266 g/mol. The fourth-order valence-electron chi connectivity index (χ4n) is 2.43. The lowest BCUT2D eigenvalue weighted by atomic mass is 9.75. The summed E-state index contributed by atoms with van der Waals surface area (Å²) < 4.78 is 25.4. The molecule has 0 saturated carbocycles. The van der Waals surface area contributed by atoms with Crippen molar-refractivity contribution in [2.75, 3.05) is 31.9 Å². The lowest BCUT2D eigenvalue weighted by molar-refractivity contribution is -0.132. The molecule has 0 bridgehead atoms.